The number of amides is 1. The molecule has 0 aliphatic heterocycles. The number of pyridine rings is 1. The number of H-pyrrole nitrogens is 1. The Balaban J connectivity index is 2.68. The molecule has 0 saturated heterocycles. The average Bonchev–Trinajstić information content (AvgIpc) is 2.28. The first-order valence-corrected chi connectivity index (χ1v) is 6.04. The van der Waals surface area contributed by atoms with Gasteiger partial charge in [0, 0.05) is 37.0 Å². The largest absolute Gasteiger partial charge is 0.396 e. The molecule has 0 aliphatic rings. The maximum Gasteiger partial charge on any atom is 0.256 e. The predicted molar refractivity (Wildman–Crippen MR) is 69.5 cm³/mol. The van der Waals surface area contributed by atoms with Crippen molar-refractivity contribution in [2.24, 2.45) is 11.8 Å². The maximum absolute atomic E-state index is 11.8. The van der Waals surface area contributed by atoms with Gasteiger partial charge in [-0.3, -0.25) is 9.59 Å². The quantitative estimate of drug-likeness (QED) is 0.720. The molecule has 1 aromatic rings. The van der Waals surface area contributed by atoms with E-state index in [-0.39, 0.29) is 29.4 Å². The van der Waals surface area contributed by atoms with Crippen LogP contribution in [0.15, 0.2) is 17.1 Å². The molecular formula is C13H20N2O3. The van der Waals surface area contributed by atoms with Gasteiger partial charge >= 0.3 is 0 Å². The molecule has 1 unspecified atom stereocenters. The molecule has 0 fully saturated rings. The minimum atomic E-state index is -0.407. The van der Waals surface area contributed by atoms with Crippen LogP contribution in [0.5, 0.6) is 0 Å². The third-order valence-electron chi connectivity index (χ3n) is 3.00. The van der Waals surface area contributed by atoms with Crippen LogP contribution in [0.2, 0.25) is 0 Å². The van der Waals surface area contributed by atoms with Crippen molar-refractivity contribution in [1.82, 2.24) is 10.3 Å². The van der Waals surface area contributed by atoms with Gasteiger partial charge in [-0.25, -0.2) is 0 Å². The number of carbonyl (C=O) groups excluding carboxylic acids is 1. The maximum atomic E-state index is 11.8. The minimum absolute atomic E-state index is 0.00141. The van der Waals surface area contributed by atoms with E-state index in [1.165, 1.54) is 12.3 Å². The number of aromatic amines is 1. The third-order valence-corrected chi connectivity index (χ3v) is 3.00. The van der Waals surface area contributed by atoms with Gasteiger partial charge in [0.2, 0.25) is 0 Å². The van der Waals surface area contributed by atoms with E-state index in [1.807, 2.05) is 13.8 Å². The zero-order chi connectivity index (χ0) is 13.7. The van der Waals surface area contributed by atoms with E-state index in [1.54, 1.807) is 6.92 Å². The van der Waals surface area contributed by atoms with Crippen molar-refractivity contribution >= 4 is 5.91 Å². The highest BCUT2D eigenvalue weighted by Crippen LogP contribution is 2.08. The van der Waals surface area contributed by atoms with E-state index in [0.29, 0.717) is 12.2 Å². The van der Waals surface area contributed by atoms with Gasteiger partial charge in [0.15, 0.2) is 5.43 Å². The molecule has 1 atom stereocenters. The Kier molecular flexibility index (Phi) is 5.09. The van der Waals surface area contributed by atoms with Crippen LogP contribution < -0.4 is 10.7 Å². The van der Waals surface area contributed by atoms with E-state index < -0.39 is 5.91 Å². The molecule has 5 heteroatoms. The molecule has 0 aliphatic carbocycles. The molecule has 0 spiro atoms. The van der Waals surface area contributed by atoms with E-state index in [4.69, 9.17) is 5.11 Å². The zero-order valence-electron chi connectivity index (χ0n) is 11.0. The van der Waals surface area contributed by atoms with Crippen LogP contribution in [0.4, 0.5) is 0 Å². The molecular weight excluding hydrogens is 232 g/mol. The summed E-state index contributed by atoms with van der Waals surface area (Å²) in [5, 5.41) is 11.8. The van der Waals surface area contributed by atoms with Gasteiger partial charge in [0.1, 0.15) is 5.56 Å². The molecule has 0 bridgehead atoms. The van der Waals surface area contributed by atoms with Crippen molar-refractivity contribution in [2.75, 3.05) is 13.2 Å². The lowest BCUT2D eigenvalue weighted by Gasteiger charge is -2.18. The molecule has 18 heavy (non-hydrogen) atoms. The Labute approximate surface area is 106 Å². The molecule has 0 radical (unpaired) electrons. The minimum Gasteiger partial charge on any atom is -0.396 e. The monoisotopic (exact) mass is 252 g/mol. The summed E-state index contributed by atoms with van der Waals surface area (Å²) >= 11 is 0. The molecule has 3 N–H and O–H groups in total. The molecule has 0 aromatic carbocycles. The van der Waals surface area contributed by atoms with E-state index >= 15 is 0 Å². The lowest BCUT2D eigenvalue weighted by molar-refractivity contribution is 0.0930. The van der Waals surface area contributed by atoms with Crippen LogP contribution in [0.1, 0.15) is 29.9 Å². The summed E-state index contributed by atoms with van der Waals surface area (Å²) in [6.07, 6.45) is 1.41. The Morgan fingerprint density at radius 2 is 2.17 bits per heavy atom. The van der Waals surface area contributed by atoms with Crippen LogP contribution >= 0.6 is 0 Å². The summed E-state index contributed by atoms with van der Waals surface area (Å²) in [5.74, 6) is -0.138. The summed E-state index contributed by atoms with van der Waals surface area (Å²) in [6, 6.07) is 1.39. The second-order valence-corrected chi connectivity index (χ2v) is 4.79. The van der Waals surface area contributed by atoms with Gasteiger partial charge in [-0.05, 0) is 12.8 Å². The number of rotatable bonds is 5. The number of aromatic nitrogens is 1. The molecule has 100 valence electrons. The van der Waals surface area contributed by atoms with E-state index in [2.05, 4.69) is 10.3 Å². The van der Waals surface area contributed by atoms with Gasteiger partial charge in [-0.2, -0.15) is 0 Å². The van der Waals surface area contributed by atoms with Crippen molar-refractivity contribution in [2.45, 2.75) is 20.8 Å². The number of carbonyl (C=O) groups is 1. The Morgan fingerprint density at radius 3 is 2.67 bits per heavy atom. The fourth-order valence-electron chi connectivity index (χ4n) is 1.58. The van der Waals surface area contributed by atoms with Crippen molar-refractivity contribution in [3.8, 4) is 0 Å². The topological polar surface area (TPSA) is 82.2 Å². The first-order valence-electron chi connectivity index (χ1n) is 6.04. The van der Waals surface area contributed by atoms with Crippen molar-refractivity contribution in [3.05, 3.63) is 33.7 Å². The molecule has 1 rings (SSSR count). The zero-order valence-corrected chi connectivity index (χ0v) is 11.0. The molecule has 1 amide bonds. The highest BCUT2D eigenvalue weighted by molar-refractivity contribution is 5.93. The van der Waals surface area contributed by atoms with Crippen LogP contribution in [0.25, 0.3) is 0 Å². The lowest BCUT2D eigenvalue weighted by Crippen LogP contribution is -2.35. The Bertz CT molecular complexity index is 466. The number of aryl methyl sites for hydroxylation is 1. The number of hydrogen-bond donors (Lipinski definition) is 3. The number of nitrogens with one attached hydrogen (secondary N) is 2. The molecule has 1 heterocycles. The smallest absolute Gasteiger partial charge is 0.256 e. The van der Waals surface area contributed by atoms with Crippen molar-refractivity contribution in [1.29, 1.82) is 0 Å². The van der Waals surface area contributed by atoms with Crippen molar-refractivity contribution < 1.29 is 9.90 Å². The number of hydrogen-bond acceptors (Lipinski definition) is 3. The van der Waals surface area contributed by atoms with Crippen molar-refractivity contribution in [3.63, 3.8) is 0 Å². The molecule has 0 saturated carbocycles. The summed E-state index contributed by atoms with van der Waals surface area (Å²) in [4.78, 5) is 26.2. The molecule has 5 nitrogen and oxygen atoms in total. The van der Waals surface area contributed by atoms with Crippen LogP contribution in [0, 0.1) is 18.8 Å². The van der Waals surface area contributed by atoms with E-state index in [9.17, 15) is 9.59 Å². The van der Waals surface area contributed by atoms with Gasteiger partial charge in [-0.1, -0.05) is 13.8 Å². The highest BCUT2D eigenvalue weighted by atomic mass is 16.3. The normalized spacial score (nSPS) is 12.5. The first kappa shape index (κ1) is 14.4. The van der Waals surface area contributed by atoms with Gasteiger partial charge in [0.25, 0.3) is 5.91 Å². The first-order chi connectivity index (χ1) is 8.45. The molecule has 1 aromatic heterocycles. The SMILES string of the molecule is Cc1cc(=O)c(C(=O)NCC(CO)C(C)C)c[nH]1. The fraction of sp³-hybridized carbons (Fsp3) is 0.538. The number of aliphatic hydroxyl groups is 1. The van der Waals surface area contributed by atoms with Gasteiger partial charge in [-0.15, -0.1) is 0 Å². The van der Waals surface area contributed by atoms with Gasteiger partial charge < -0.3 is 15.4 Å². The van der Waals surface area contributed by atoms with Crippen LogP contribution in [-0.2, 0) is 0 Å². The predicted octanol–water partition coefficient (Wildman–Crippen LogP) is 0.678. The van der Waals surface area contributed by atoms with Crippen LogP contribution in [0.3, 0.4) is 0 Å². The summed E-state index contributed by atoms with van der Waals surface area (Å²) in [5.41, 5.74) is 0.516. The highest BCUT2D eigenvalue weighted by Gasteiger charge is 2.15. The van der Waals surface area contributed by atoms with Gasteiger partial charge in [0.05, 0.1) is 0 Å². The summed E-state index contributed by atoms with van der Waals surface area (Å²) in [7, 11) is 0. The fourth-order valence-corrected chi connectivity index (χ4v) is 1.58. The lowest BCUT2D eigenvalue weighted by atomic mass is 9.97. The second-order valence-electron chi connectivity index (χ2n) is 4.79. The summed E-state index contributed by atoms with van der Waals surface area (Å²) < 4.78 is 0. The average molecular weight is 252 g/mol. The standard InChI is InChI=1S/C13H20N2O3/c1-8(2)10(7-16)5-15-13(18)11-6-14-9(3)4-12(11)17/h4,6,8,10,16H,5,7H2,1-3H3,(H,14,17)(H,15,18). The Morgan fingerprint density at radius 1 is 1.50 bits per heavy atom. The Hall–Kier alpha value is -1.62. The van der Waals surface area contributed by atoms with E-state index in [0.717, 1.165) is 0 Å². The number of aliphatic hydroxyl groups excluding tert-OH is 1. The summed E-state index contributed by atoms with van der Waals surface area (Å²) in [6.45, 7) is 6.09. The third kappa shape index (κ3) is 3.70. The second kappa shape index (κ2) is 6.35. The van der Waals surface area contributed by atoms with Crippen LogP contribution in [-0.4, -0.2) is 29.1 Å².